The van der Waals surface area contributed by atoms with E-state index in [0.717, 1.165) is 28.5 Å². The van der Waals surface area contributed by atoms with Gasteiger partial charge in [0.2, 0.25) is 0 Å². The Labute approximate surface area is 101 Å². The summed E-state index contributed by atoms with van der Waals surface area (Å²) in [5.74, 6) is 0. The molecule has 0 aliphatic rings. The largest absolute Gasteiger partial charge is 0.330 e. The highest BCUT2D eigenvalue weighted by Crippen LogP contribution is 2.19. The van der Waals surface area contributed by atoms with E-state index in [0.29, 0.717) is 13.0 Å². The molecule has 0 aliphatic heterocycles. The van der Waals surface area contributed by atoms with E-state index in [9.17, 15) is 4.79 Å². The molecule has 1 heterocycles. The van der Waals surface area contributed by atoms with Crippen molar-refractivity contribution in [3.05, 3.63) is 45.2 Å². The number of hydrogen-bond donors (Lipinski definition) is 2. The van der Waals surface area contributed by atoms with Crippen molar-refractivity contribution in [1.82, 2.24) is 4.98 Å². The van der Waals surface area contributed by atoms with E-state index in [1.165, 1.54) is 5.56 Å². The fourth-order valence-electron chi connectivity index (χ4n) is 2.21. The SMILES string of the molecule is CCc1ccc2[nH]c(=O)c(CCN)c(C)c2c1. The number of rotatable bonds is 3. The zero-order valence-corrected chi connectivity index (χ0v) is 10.3. The lowest BCUT2D eigenvalue weighted by atomic mass is 10.00. The molecule has 0 amide bonds. The van der Waals surface area contributed by atoms with Crippen LogP contribution in [0.5, 0.6) is 0 Å². The van der Waals surface area contributed by atoms with E-state index in [1.807, 2.05) is 13.0 Å². The number of pyridine rings is 1. The molecule has 3 nitrogen and oxygen atoms in total. The second-order valence-corrected chi connectivity index (χ2v) is 4.33. The van der Waals surface area contributed by atoms with Gasteiger partial charge < -0.3 is 10.7 Å². The smallest absolute Gasteiger partial charge is 0.251 e. The lowest BCUT2D eigenvalue weighted by Crippen LogP contribution is -2.18. The maximum atomic E-state index is 11.9. The first-order valence-corrected chi connectivity index (χ1v) is 6.01. The van der Waals surface area contributed by atoms with Crippen LogP contribution in [0.3, 0.4) is 0 Å². The highest BCUT2D eigenvalue weighted by atomic mass is 16.1. The number of hydrogen-bond acceptors (Lipinski definition) is 2. The average molecular weight is 230 g/mol. The first-order chi connectivity index (χ1) is 8.17. The molecule has 0 atom stereocenters. The number of aryl methyl sites for hydroxylation is 2. The molecule has 90 valence electrons. The van der Waals surface area contributed by atoms with Crippen LogP contribution in [0.1, 0.15) is 23.6 Å². The minimum absolute atomic E-state index is 0.00954. The maximum Gasteiger partial charge on any atom is 0.251 e. The maximum absolute atomic E-state index is 11.9. The van der Waals surface area contributed by atoms with Gasteiger partial charge in [0.25, 0.3) is 5.56 Å². The van der Waals surface area contributed by atoms with Gasteiger partial charge in [-0.15, -0.1) is 0 Å². The molecule has 0 unspecified atom stereocenters. The van der Waals surface area contributed by atoms with Gasteiger partial charge >= 0.3 is 0 Å². The van der Waals surface area contributed by atoms with Gasteiger partial charge in [-0.05, 0) is 49.6 Å². The number of fused-ring (bicyclic) bond motifs is 1. The Morgan fingerprint density at radius 1 is 1.35 bits per heavy atom. The van der Waals surface area contributed by atoms with Gasteiger partial charge in [-0.2, -0.15) is 0 Å². The summed E-state index contributed by atoms with van der Waals surface area (Å²) in [6.45, 7) is 4.63. The first-order valence-electron chi connectivity index (χ1n) is 6.01. The Hall–Kier alpha value is -1.61. The van der Waals surface area contributed by atoms with Gasteiger partial charge in [0, 0.05) is 16.5 Å². The predicted octanol–water partition coefficient (Wildman–Crippen LogP) is 1.90. The molecule has 2 aromatic rings. The molecule has 0 fully saturated rings. The Morgan fingerprint density at radius 2 is 2.12 bits per heavy atom. The second-order valence-electron chi connectivity index (χ2n) is 4.33. The van der Waals surface area contributed by atoms with Crippen molar-refractivity contribution in [2.45, 2.75) is 26.7 Å². The molecular formula is C14H18N2O. The van der Waals surface area contributed by atoms with Crippen LogP contribution in [0.4, 0.5) is 0 Å². The molecule has 3 heteroatoms. The van der Waals surface area contributed by atoms with Crippen molar-refractivity contribution in [1.29, 1.82) is 0 Å². The minimum Gasteiger partial charge on any atom is -0.330 e. The highest BCUT2D eigenvalue weighted by molar-refractivity contribution is 5.83. The summed E-state index contributed by atoms with van der Waals surface area (Å²) in [7, 11) is 0. The summed E-state index contributed by atoms with van der Waals surface area (Å²) in [6.07, 6.45) is 1.63. The third-order valence-electron chi connectivity index (χ3n) is 3.27. The van der Waals surface area contributed by atoms with Crippen LogP contribution in [0.25, 0.3) is 10.9 Å². The van der Waals surface area contributed by atoms with E-state index in [4.69, 9.17) is 5.73 Å². The van der Waals surface area contributed by atoms with Crippen molar-refractivity contribution in [2.24, 2.45) is 5.73 Å². The summed E-state index contributed by atoms with van der Waals surface area (Å²) in [5.41, 5.74) is 9.60. The molecule has 0 radical (unpaired) electrons. The van der Waals surface area contributed by atoms with Gasteiger partial charge in [-0.25, -0.2) is 0 Å². The summed E-state index contributed by atoms with van der Waals surface area (Å²) in [6, 6.07) is 6.19. The molecule has 17 heavy (non-hydrogen) atoms. The fraction of sp³-hybridized carbons (Fsp3) is 0.357. The normalized spacial score (nSPS) is 11.0. The van der Waals surface area contributed by atoms with Gasteiger partial charge in [-0.3, -0.25) is 4.79 Å². The van der Waals surface area contributed by atoms with Crippen LogP contribution in [0.2, 0.25) is 0 Å². The van der Waals surface area contributed by atoms with Gasteiger partial charge in [0.1, 0.15) is 0 Å². The second kappa shape index (κ2) is 4.72. The molecule has 0 aliphatic carbocycles. The average Bonchev–Trinajstić information content (AvgIpc) is 2.34. The zero-order valence-electron chi connectivity index (χ0n) is 10.3. The van der Waals surface area contributed by atoms with Crippen LogP contribution in [-0.4, -0.2) is 11.5 Å². The number of nitrogens with two attached hydrogens (primary N) is 1. The molecule has 0 bridgehead atoms. The highest BCUT2D eigenvalue weighted by Gasteiger charge is 2.08. The Morgan fingerprint density at radius 3 is 2.76 bits per heavy atom. The molecule has 0 spiro atoms. The zero-order chi connectivity index (χ0) is 12.4. The molecule has 1 aromatic carbocycles. The van der Waals surface area contributed by atoms with Crippen LogP contribution in [-0.2, 0) is 12.8 Å². The number of nitrogens with one attached hydrogen (secondary N) is 1. The third-order valence-corrected chi connectivity index (χ3v) is 3.27. The van der Waals surface area contributed by atoms with Crippen LogP contribution >= 0.6 is 0 Å². The van der Waals surface area contributed by atoms with E-state index in [2.05, 4.69) is 24.0 Å². The third kappa shape index (κ3) is 2.11. The Balaban J connectivity index is 2.74. The molecule has 0 saturated carbocycles. The van der Waals surface area contributed by atoms with Crippen molar-refractivity contribution in [3.63, 3.8) is 0 Å². The molecular weight excluding hydrogens is 212 g/mol. The lowest BCUT2D eigenvalue weighted by molar-refractivity contribution is 0.937. The van der Waals surface area contributed by atoms with E-state index < -0.39 is 0 Å². The quantitative estimate of drug-likeness (QED) is 0.846. The summed E-state index contributed by atoms with van der Waals surface area (Å²) < 4.78 is 0. The van der Waals surface area contributed by atoms with Gasteiger partial charge in [-0.1, -0.05) is 13.0 Å². The topological polar surface area (TPSA) is 58.9 Å². The molecule has 3 N–H and O–H groups in total. The Bertz CT molecular complexity index is 599. The summed E-state index contributed by atoms with van der Waals surface area (Å²) in [5, 5.41) is 1.13. The van der Waals surface area contributed by atoms with Crippen LogP contribution in [0, 0.1) is 6.92 Å². The van der Waals surface area contributed by atoms with Crippen molar-refractivity contribution < 1.29 is 0 Å². The monoisotopic (exact) mass is 230 g/mol. The lowest BCUT2D eigenvalue weighted by Gasteiger charge is -2.09. The number of H-pyrrole nitrogens is 1. The first kappa shape index (κ1) is 11.9. The summed E-state index contributed by atoms with van der Waals surface area (Å²) in [4.78, 5) is 14.8. The molecule has 1 aromatic heterocycles. The standard InChI is InChI=1S/C14H18N2O/c1-3-10-4-5-13-12(8-10)9(2)11(6-7-15)14(17)16-13/h4-5,8H,3,6-7,15H2,1-2H3,(H,16,17). The van der Waals surface area contributed by atoms with Crippen LogP contribution < -0.4 is 11.3 Å². The number of aromatic nitrogens is 1. The van der Waals surface area contributed by atoms with Crippen molar-refractivity contribution in [2.75, 3.05) is 6.54 Å². The fourth-order valence-corrected chi connectivity index (χ4v) is 2.21. The molecule has 0 saturated heterocycles. The minimum atomic E-state index is -0.00954. The molecule has 2 rings (SSSR count). The number of benzene rings is 1. The van der Waals surface area contributed by atoms with E-state index in [-0.39, 0.29) is 5.56 Å². The predicted molar refractivity (Wildman–Crippen MR) is 71.4 cm³/mol. The number of aromatic amines is 1. The van der Waals surface area contributed by atoms with Crippen molar-refractivity contribution in [3.8, 4) is 0 Å². The summed E-state index contributed by atoms with van der Waals surface area (Å²) >= 11 is 0. The van der Waals surface area contributed by atoms with E-state index in [1.54, 1.807) is 0 Å². The van der Waals surface area contributed by atoms with Crippen molar-refractivity contribution >= 4 is 10.9 Å². The van der Waals surface area contributed by atoms with Gasteiger partial charge in [0.15, 0.2) is 0 Å². The van der Waals surface area contributed by atoms with E-state index >= 15 is 0 Å². The van der Waals surface area contributed by atoms with Gasteiger partial charge in [0.05, 0.1) is 0 Å². The Kier molecular flexibility index (Phi) is 3.29. The van der Waals surface area contributed by atoms with Crippen LogP contribution in [0.15, 0.2) is 23.0 Å².